The first-order valence-electron chi connectivity index (χ1n) is 11.0. The van der Waals surface area contributed by atoms with Crippen LogP contribution in [-0.2, 0) is 10.0 Å². The zero-order chi connectivity index (χ0) is 25.2. The van der Waals surface area contributed by atoms with Crippen LogP contribution >= 0.6 is 0 Å². The lowest BCUT2D eigenvalue weighted by molar-refractivity contribution is -0.122. The summed E-state index contributed by atoms with van der Waals surface area (Å²) in [4.78, 5) is 18.4. The molecule has 2 aromatic heterocycles. The van der Waals surface area contributed by atoms with Gasteiger partial charge in [-0.05, 0) is 25.1 Å². The molecule has 4 rings (SSSR count). The van der Waals surface area contributed by atoms with Gasteiger partial charge < -0.3 is 15.5 Å². The van der Waals surface area contributed by atoms with Crippen LogP contribution in [0.4, 0.5) is 29.3 Å². The van der Waals surface area contributed by atoms with Gasteiger partial charge in [0, 0.05) is 55.4 Å². The topological polar surface area (TPSA) is 99.0 Å². The summed E-state index contributed by atoms with van der Waals surface area (Å²) in [5, 5.41) is 4.18. The van der Waals surface area contributed by atoms with Crippen LogP contribution in [0.1, 0.15) is 6.92 Å². The van der Waals surface area contributed by atoms with Crippen LogP contribution in [0.5, 0.6) is 0 Å². The molecule has 0 saturated carbocycles. The van der Waals surface area contributed by atoms with E-state index >= 15 is 0 Å². The maximum absolute atomic E-state index is 12.3. The van der Waals surface area contributed by atoms with Crippen molar-refractivity contribution in [2.24, 2.45) is 0 Å². The number of amides is 2. The molecule has 1 aliphatic heterocycles. The number of carbonyl (C=O) groups is 1. The fourth-order valence-electron chi connectivity index (χ4n) is 3.90. The highest BCUT2D eigenvalue weighted by molar-refractivity contribution is 7.89. The molecule has 2 N–H and O–H groups in total. The van der Waals surface area contributed by atoms with E-state index in [1.165, 1.54) is 4.31 Å². The first-order valence-corrected chi connectivity index (χ1v) is 12.6. The number of anilines is 2. The molecule has 0 spiro atoms. The normalized spacial score (nSPS) is 15.4. The van der Waals surface area contributed by atoms with Crippen molar-refractivity contribution in [3.63, 3.8) is 0 Å². The third-order valence-electron chi connectivity index (χ3n) is 5.72. The second-order valence-electron chi connectivity index (χ2n) is 8.05. The van der Waals surface area contributed by atoms with Crippen LogP contribution in [0.2, 0.25) is 0 Å². The van der Waals surface area contributed by atoms with Gasteiger partial charge in [0.2, 0.25) is 10.0 Å². The number of hydrogen-bond acceptors (Lipinski definition) is 5. The molecule has 0 atom stereocenters. The molecule has 1 saturated heterocycles. The average Bonchev–Trinajstić information content (AvgIpc) is 3.26. The summed E-state index contributed by atoms with van der Waals surface area (Å²) in [6, 6.07) is 9.62. The second kappa shape index (κ2) is 9.74. The highest BCUT2D eigenvalue weighted by atomic mass is 32.2. The highest BCUT2D eigenvalue weighted by Crippen LogP contribution is 2.26. The molecule has 13 heteroatoms. The first kappa shape index (κ1) is 24.8. The molecule has 9 nitrogen and oxygen atoms in total. The van der Waals surface area contributed by atoms with E-state index in [2.05, 4.69) is 15.2 Å². The molecule has 0 aliphatic carbocycles. The van der Waals surface area contributed by atoms with Crippen LogP contribution in [0.3, 0.4) is 0 Å². The number of alkyl halides is 3. The Morgan fingerprint density at radius 1 is 1.11 bits per heavy atom. The SMILES string of the molecule is CCS(=O)(=O)N1CCN(c2ccn3c(-c4cccc(NC(=O)NCC(F)(F)F)c4)cnc3c2)CC1. The quantitative estimate of drug-likeness (QED) is 0.531. The molecule has 0 unspecified atom stereocenters. The Hall–Kier alpha value is -3.32. The molecular weight excluding hydrogens is 485 g/mol. The van der Waals surface area contributed by atoms with Gasteiger partial charge in [0.05, 0.1) is 17.6 Å². The van der Waals surface area contributed by atoms with Crippen molar-refractivity contribution < 1.29 is 26.4 Å². The summed E-state index contributed by atoms with van der Waals surface area (Å²) in [6.07, 6.45) is -0.957. The van der Waals surface area contributed by atoms with Crippen LogP contribution in [0.15, 0.2) is 48.8 Å². The van der Waals surface area contributed by atoms with E-state index in [-0.39, 0.29) is 5.75 Å². The number of nitrogens with zero attached hydrogens (tertiary/aromatic N) is 4. The van der Waals surface area contributed by atoms with E-state index in [0.717, 1.165) is 16.9 Å². The number of aromatic nitrogens is 2. The maximum atomic E-state index is 12.3. The lowest BCUT2D eigenvalue weighted by Gasteiger charge is -2.35. The van der Waals surface area contributed by atoms with Crippen molar-refractivity contribution in [1.82, 2.24) is 19.0 Å². The number of urea groups is 1. The van der Waals surface area contributed by atoms with E-state index in [9.17, 15) is 26.4 Å². The standard InChI is InChI=1S/C22H25F3N6O3S/c1-2-35(33,34)30-10-8-29(9-11-30)18-6-7-31-19(14-26-20(31)13-18)16-4-3-5-17(12-16)28-21(32)27-15-22(23,24)25/h3-7,12-14H,2,8-11,15H2,1H3,(H2,27,28,32). The average molecular weight is 511 g/mol. The molecular formula is C22H25F3N6O3S. The zero-order valence-corrected chi connectivity index (χ0v) is 19.7. The lowest BCUT2D eigenvalue weighted by Crippen LogP contribution is -2.49. The van der Waals surface area contributed by atoms with Gasteiger partial charge in [0.25, 0.3) is 0 Å². The predicted octanol–water partition coefficient (Wildman–Crippen LogP) is 3.16. The lowest BCUT2D eigenvalue weighted by atomic mass is 10.1. The Balaban J connectivity index is 1.47. The van der Waals surface area contributed by atoms with Crippen molar-refractivity contribution in [2.75, 3.05) is 48.7 Å². The Morgan fingerprint density at radius 3 is 2.54 bits per heavy atom. The second-order valence-corrected chi connectivity index (χ2v) is 10.3. The molecule has 0 bridgehead atoms. The zero-order valence-electron chi connectivity index (χ0n) is 18.9. The number of hydrogen-bond donors (Lipinski definition) is 2. The van der Waals surface area contributed by atoms with Crippen molar-refractivity contribution in [3.05, 3.63) is 48.8 Å². The summed E-state index contributed by atoms with van der Waals surface area (Å²) in [6.45, 7) is 2.23. The number of rotatable bonds is 6. The molecule has 3 heterocycles. The van der Waals surface area contributed by atoms with Crippen molar-refractivity contribution in [1.29, 1.82) is 0 Å². The number of piperazine rings is 1. The largest absolute Gasteiger partial charge is 0.405 e. The fourth-order valence-corrected chi connectivity index (χ4v) is 4.98. The minimum Gasteiger partial charge on any atom is -0.369 e. The Labute approximate surface area is 200 Å². The van der Waals surface area contributed by atoms with Gasteiger partial charge in [-0.1, -0.05) is 12.1 Å². The molecule has 1 aromatic carbocycles. The van der Waals surface area contributed by atoms with Gasteiger partial charge in [0.15, 0.2) is 0 Å². The van der Waals surface area contributed by atoms with E-state index in [1.807, 2.05) is 28.8 Å². The van der Waals surface area contributed by atoms with Crippen molar-refractivity contribution in [3.8, 4) is 11.3 Å². The number of benzene rings is 1. The minimum atomic E-state index is -4.49. The van der Waals surface area contributed by atoms with E-state index < -0.39 is 28.8 Å². The molecule has 1 aliphatic rings. The smallest absolute Gasteiger partial charge is 0.369 e. The number of halogens is 3. The summed E-state index contributed by atoms with van der Waals surface area (Å²) in [7, 11) is -3.20. The van der Waals surface area contributed by atoms with Gasteiger partial charge >= 0.3 is 12.2 Å². The number of sulfonamides is 1. The van der Waals surface area contributed by atoms with Gasteiger partial charge in [-0.2, -0.15) is 17.5 Å². The molecule has 0 radical (unpaired) electrons. The Kier molecular flexibility index (Phi) is 6.90. The van der Waals surface area contributed by atoms with Crippen LogP contribution < -0.4 is 15.5 Å². The van der Waals surface area contributed by atoms with E-state index in [1.54, 1.807) is 36.6 Å². The molecule has 188 valence electrons. The van der Waals surface area contributed by atoms with Gasteiger partial charge in [0.1, 0.15) is 12.2 Å². The third kappa shape index (κ3) is 5.85. The van der Waals surface area contributed by atoms with Crippen LogP contribution in [0, 0.1) is 0 Å². The monoisotopic (exact) mass is 510 g/mol. The van der Waals surface area contributed by atoms with Gasteiger partial charge in [-0.15, -0.1) is 0 Å². The maximum Gasteiger partial charge on any atom is 0.405 e. The number of imidazole rings is 1. The number of pyridine rings is 1. The fraction of sp³-hybridized carbons (Fsp3) is 0.364. The number of nitrogens with one attached hydrogen (secondary N) is 2. The van der Waals surface area contributed by atoms with Crippen LogP contribution in [-0.4, -0.2) is 72.8 Å². The number of carbonyl (C=O) groups excluding carboxylic acids is 1. The van der Waals surface area contributed by atoms with Crippen LogP contribution in [0.25, 0.3) is 16.9 Å². The third-order valence-corrected chi connectivity index (χ3v) is 7.61. The Bertz CT molecular complexity index is 1320. The molecule has 3 aromatic rings. The molecule has 2 amide bonds. The Morgan fingerprint density at radius 2 is 1.86 bits per heavy atom. The minimum absolute atomic E-state index is 0.0881. The van der Waals surface area contributed by atoms with Gasteiger partial charge in [-0.25, -0.2) is 18.2 Å². The summed E-state index contributed by atoms with van der Waals surface area (Å²) >= 11 is 0. The van der Waals surface area contributed by atoms with Crippen molar-refractivity contribution in [2.45, 2.75) is 13.1 Å². The summed E-state index contributed by atoms with van der Waals surface area (Å²) < 4.78 is 64.4. The number of fused-ring (bicyclic) bond motifs is 1. The van der Waals surface area contributed by atoms with E-state index in [0.29, 0.717) is 37.5 Å². The molecule has 35 heavy (non-hydrogen) atoms. The molecule has 1 fully saturated rings. The first-order chi connectivity index (χ1) is 16.6. The van der Waals surface area contributed by atoms with Crippen molar-refractivity contribution >= 4 is 33.1 Å². The van der Waals surface area contributed by atoms with Gasteiger partial charge in [-0.3, -0.25) is 4.40 Å². The highest BCUT2D eigenvalue weighted by Gasteiger charge is 2.28. The predicted molar refractivity (Wildman–Crippen MR) is 127 cm³/mol. The summed E-state index contributed by atoms with van der Waals surface area (Å²) in [5.41, 5.74) is 3.41. The summed E-state index contributed by atoms with van der Waals surface area (Å²) in [5.74, 6) is 0.0881. The van der Waals surface area contributed by atoms with E-state index in [4.69, 9.17) is 0 Å².